The van der Waals surface area contributed by atoms with Gasteiger partial charge in [-0.05, 0) is 29.7 Å². The monoisotopic (exact) mass is 405 g/mol. The van der Waals surface area contributed by atoms with Gasteiger partial charge in [0.05, 0.1) is 16.7 Å². The molecule has 0 aliphatic carbocycles. The van der Waals surface area contributed by atoms with Crippen molar-refractivity contribution in [3.63, 3.8) is 0 Å². The van der Waals surface area contributed by atoms with E-state index in [4.69, 9.17) is 9.36 Å². The molecule has 0 unspecified atom stereocenters. The fraction of sp³-hybridized carbons (Fsp3) is 0.227. The quantitative estimate of drug-likeness (QED) is 0.610. The molecule has 2 amide bonds. The minimum atomic E-state index is -0.822. The van der Waals surface area contributed by atoms with E-state index in [9.17, 15) is 14.4 Å². The Morgan fingerprint density at radius 1 is 1.00 bits per heavy atom. The van der Waals surface area contributed by atoms with Crippen LogP contribution in [0.5, 0.6) is 0 Å². The summed E-state index contributed by atoms with van der Waals surface area (Å²) in [5.74, 6) is -1.21. The summed E-state index contributed by atoms with van der Waals surface area (Å²) in [5, 5.41) is 4.46. The number of carbonyl (C=O) groups is 3. The Kier molecular flexibility index (Phi) is 4.69. The Morgan fingerprint density at radius 3 is 2.17 bits per heavy atom. The standard InChI is InChI=1S/C22H19N3O5/c1-22(2,3)12-17-23-18(24-29-17)13-8-10-14(11-9-13)21(28)30-25-19(26)15-6-4-5-7-16(15)20(25)27/h4-11H,12H2,1-3H3. The van der Waals surface area contributed by atoms with E-state index in [-0.39, 0.29) is 22.1 Å². The average Bonchev–Trinajstić information content (AvgIpc) is 3.26. The second kappa shape index (κ2) is 7.22. The minimum absolute atomic E-state index is 0.0154. The van der Waals surface area contributed by atoms with Gasteiger partial charge in [-0.2, -0.15) is 4.98 Å². The average molecular weight is 405 g/mol. The van der Waals surface area contributed by atoms with E-state index in [1.807, 2.05) is 0 Å². The molecular formula is C22H19N3O5. The van der Waals surface area contributed by atoms with Gasteiger partial charge in [-0.15, -0.1) is 0 Å². The van der Waals surface area contributed by atoms with Gasteiger partial charge in [0.1, 0.15) is 0 Å². The lowest BCUT2D eigenvalue weighted by molar-refractivity contribution is -0.0584. The largest absolute Gasteiger partial charge is 0.363 e. The third-order valence-electron chi connectivity index (χ3n) is 4.46. The van der Waals surface area contributed by atoms with Gasteiger partial charge in [0, 0.05) is 12.0 Å². The zero-order valence-corrected chi connectivity index (χ0v) is 16.7. The Hall–Kier alpha value is -3.81. The topological polar surface area (TPSA) is 103 Å². The van der Waals surface area contributed by atoms with Crippen molar-refractivity contribution in [1.82, 2.24) is 15.2 Å². The lowest BCUT2D eigenvalue weighted by Crippen LogP contribution is -2.32. The second-order valence-corrected chi connectivity index (χ2v) is 8.16. The normalized spacial score (nSPS) is 13.5. The molecule has 1 aliphatic rings. The van der Waals surface area contributed by atoms with E-state index in [0.29, 0.717) is 28.8 Å². The van der Waals surface area contributed by atoms with Crippen LogP contribution in [0.25, 0.3) is 11.4 Å². The first kappa shape index (κ1) is 19.5. The summed E-state index contributed by atoms with van der Waals surface area (Å²) >= 11 is 0. The molecule has 2 heterocycles. The molecule has 1 aliphatic heterocycles. The van der Waals surface area contributed by atoms with E-state index >= 15 is 0 Å². The van der Waals surface area contributed by atoms with Crippen LogP contribution in [-0.4, -0.2) is 33.0 Å². The van der Waals surface area contributed by atoms with Crippen molar-refractivity contribution in [3.8, 4) is 11.4 Å². The molecule has 0 N–H and O–H groups in total. The van der Waals surface area contributed by atoms with Crippen LogP contribution >= 0.6 is 0 Å². The van der Waals surface area contributed by atoms with Crippen LogP contribution in [-0.2, 0) is 11.3 Å². The van der Waals surface area contributed by atoms with E-state index in [2.05, 4.69) is 30.9 Å². The smallest absolute Gasteiger partial charge is 0.339 e. The third kappa shape index (κ3) is 3.71. The van der Waals surface area contributed by atoms with Crippen molar-refractivity contribution in [3.05, 3.63) is 71.1 Å². The third-order valence-corrected chi connectivity index (χ3v) is 4.46. The number of hydrogen-bond donors (Lipinski definition) is 0. The number of imide groups is 1. The van der Waals surface area contributed by atoms with Crippen LogP contribution in [0.1, 0.15) is 57.7 Å². The van der Waals surface area contributed by atoms with E-state index in [1.54, 1.807) is 24.3 Å². The first-order valence-electron chi connectivity index (χ1n) is 9.36. The summed E-state index contributed by atoms with van der Waals surface area (Å²) in [7, 11) is 0. The summed E-state index contributed by atoms with van der Waals surface area (Å²) < 4.78 is 5.28. The molecule has 0 spiro atoms. The van der Waals surface area contributed by atoms with Crippen molar-refractivity contribution in [2.45, 2.75) is 27.2 Å². The number of rotatable bonds is 4. The summed E-state index contributed by atoms with van der Waals surface area (Å²) in [5.41, 5.74) is 1.26. The van der Waals surface area contributed by atoms with Crippen LogP contribution in [0, 0.1) is 5.41 Å². The molecule has 1 aromatic heterocycles. The molecule has 2 aromatic carbocycles. The zero-order chi connectivity index (χ0) is 21.5. The summed E-state index contributed by atoms with van der Waals surface area (Å²) in [6.07, 6.45) is 0.644. The van der Waals surface area contributed by atoms with Crippen LogP contribution in [0.2, 0.25) is 0 Å². The number of hydroxylamine groups is 2. The van der Waals surface area contributed by atoms with Crippen LogP contribution < -0.4 is 0 Å². The molecule has 8 nitrogen and oxygen atoms in total. The Balaban J connectivity index is 1.47. The SMILES string of the molecule is CC(C)(C)Cc1nc(-c2ccc(C(=O)ON3C(=O)c4ccccc4C3=O)cc2)no1. The number of hydrogen-bond acceptors (Lipinski definition) is 7. The number of aromatic nitrogens is 2. The van der Waals surface area contributed by atoms with Gasteiger partial charge in [0.25, 0.3) is 11.8 Å². The highest BCUT2D eigenvalue weighted by molar-refractivity contribution is 6.21. The van der Waals surface area contributed by atoms with E-state index in [0.717, 1.165) is 0 Å². The highest BCUT2D eigenvalue weighted by Crippen LogP contribution is 2.25. The van der Waals surface area contributed by atoms with Gasteiger partial charge in [-0.1, -0.05) is 55.3 Å². The lowest BCUT2D eigenvalue weighted by atomic mass is 9.92. The molecule has 0 saturated carbocycles. The van der Waals surface area contributed by atoms with Crippen molar-refractivity contribution >= 4 is 17.8 Å². The van der Waals surface area contributed by atoms with E-state index < -0.39 is 17.8 Å². The highest BCUT2D eigenvalue weighted by Gasteiger charge is 2.38. The molecule has 0 atom stereocenters. The van der Waals surface area contributed by atoms with Gasteiger partial charge in [-0.25, -0.2) is 4.79 Å². The molecule has 0 radical (unpaired) electrons. The maximum atomic E-state index is 12.4. The van der Waals surface area contributed by atoms with Gasteiger partial charge < -0.3 is 9.36 Å². The Bertz CT molecular complexity index is 1110. The van der Waals surface area contributed by atoms with Gasteiger partial charge in [0.15, 0.2) is 0 Å². The van der Waals surface area contributed by atoms with Gasteiger partial charge in [-0.3, -0.25) is 9.59 Å². The fourth-order valence-electron chi connectivity index (χ4n) is 3.04. The summed E-state index contributed by atoms with van der Waals surface area (Å²) in [6.45, 7) is 6.23. The second-order valence-electron chi connectivity index (χ2n) is 8.16. The molecule has 0 fully saturated rings. The van der Waals surface area contributed by atoms with Crippen molar-refractivity contribution in [2.75, 3.05) is 0 Å². The summed E-state index contributed by atoms with van der Waals surface area (Å²) in [6, 6.07) is 12.6. The van der Waals surface area contributed by atoms with Crippen molar-refractivity contribution in [2.24, 2.45) is 5.41 Å². The zero-order valence-electron chi connectivity index (χ0n) is 16.7. The molecular weight excluding hydrogens is 386 g/mol. The number of nitrogens with zero attached hydrogens (tertiary/aromatic N) is 3. The first-order chi connectivity index (χ1) is 14.2. The molecule has 8 heteroatoms. The molecule has 152 valence electrons. The van der Waals surface area contributed by atoms with Crippen molar-refractivity contribution in [1.29, 1.82) is 0 Å². The van der Waals surface area contributed by atoms with E-state index in [1.165, 1.54) is 24.3 Å². The van der Waals surface area contributed by atoms with Crippen LogP contribution in [0.15, 0.2) is 53.1 Å². The van der Waals surface area contributed by atoms with Gasteiger partial charge in [0.2, 0.25) is 11.7 Å². The minimum Gasteiger partial charge on any atom is -0.339 e. The molecule has 0 saturated heterocycles. The van der Waals surface area contributed by atoms with Crippen LogP contribution in [0.3, 0.4) is 0 Å². The lowest BCUT2D eigenvalue weighted by Gasteiger charge is -2.13. The van der Waals surface area contributed by atoms with Crippen molar-refractivity contribution < 1.29 is 23.7 Å². The highest BCUT2D eigenvalue weighted by atomic mass is 16.7. The molecule has 0 bridgehead atoms. The predicted molar refractivity (Wildman–Crippen MR) is 105 cm³/mol. The van der Waals surface area contributed by atoms with Gasteiger partial charge >= 0.3 is 5.97 Å². The fourth-order valence-corrected chi connectivity index (χ4v) is 3.04. The number of amides is 2. The maximum absolute atomic E-state index is 12.4. The summed E-state index contributed by atoms with van der Waals surface area (Å²) in [4.78, 5) is 46.5. The maximum Gasteiger partial charge on any atom is 0.363 e. The number of carbonyl (C=O) groups excluding carboxylic acids is 3. The van der Waals surface area contributed by atoms with Crippen LogP contribution in [0.4, 0.5) is 0 Å². The molecule has 3 aromatic rings. The Morgan fingerprint density at radius 2 is 1.60 bits per heavy atom. The predicted octanol–water partition coefficient (Wildman–Crippen LogP) is 3.69. The molecule has 30 heavy (non-hydrogen) atoms. The number of benzene rings is 2. The number of fused-ring (bicyclic) bond motifs is 1. The Labute approximate surface area is 172 Å². The first-order valence-corrected chi connectivity index (χ1v) is 9.36. The molecule has 4 rings (SSSR count).